The molecule has 1 saturated heterocycles. The lowest BCUT2D eigenvalue weighted by molar-refractivity contribution is -0.121. The highest BCUT2D eigenvalue weighted by atomic mass is 19.1. The normalized spacial score (nSPS) is 19.8. The van der Waals surface area contributed by atoms with Crippen LogP contribution in [0.3, 0.4) is 0 Å². The predicted octanol–water partition coefficient (Wildman–Crippen LogP) is 1.03. The Hall–Kier alpha value is -2.19. The van der Waals surface area contributed by atoms with E-state index in [1.54, 1.807) is 19.1 Å². The van der Waals surface area contributed by atoms with Crippen LogP contribution in [-0.2, 0) is 4.79 Å². The van der Waals surface area contributed by atoms with Gasteiger partial charge in [-0.2, -0.15) is 0 Å². The Labute approximate surface area is 147 Å². The summed E-state index contributed by atoms with van der Waals surface area (Å²) in [6, 6.07) is 3.96. The molecule has 25 heavy (non-hydrogen) atoms. The van der Waals surface area contributed by atoms with E-state index < -0.39 is 5.92 Å². The summed E-state index contributed by atoms with van der Waals surface area (Å²) in [5.74, 6) is -1.09. The van der Waals surface area contributed by atoms with Gasteiger partial charge in [0.1, 0.15) is 5.82 Å². The largest absolute Gasteiger partial charge is 0.337 e. The van der Waals surface area contributed by atoms with Crippen molar-refractivity contribution in [1.29, 1.82) is 0 Å². The first-order valence-corrected chi connectivity index (χ1v) is 7.96. The number of rotatable bonds is 4. The van der Waals surface area contributed by atoms with E-state index in [-0.39, 0.29) is 37.8 Å². The molecule has 0 saturated carbocycles. The van der Waals surface area contributed by atoms with E-state index in [1.165, 1.54) is 11.0 Å². The monoisotopic (exact) mass is 353 g/mol. The fourth-order valence-electron chi connectivity index (χ4n) is 2.70. The summed E-state index contributed by atoms with van der Waals surface area (Å²) in [6.45, 7) is 3.02. The van der Waals surface area contributed by atoms with Crippen molar-refractivity contribution in [3.05, 3.63) is 29.6 Å². The average molecular weight is 353 g/mol. The summed E-state index contributed by atoms with van der Waals surface area (Å²) < 4.78 is 13.6. The Balaban J connectivity index is 0.00000312. The van der Waals surface area contributed by atoms with Crippen LogP contribution in [0.5, 0.6) is 0 Å². The molecule has 2 atom stereocenters. The SMILES string of the molecule is C.Cc1ccc(NC(=O)[C@H]2C[C@@H](N)CN(C(=O)NCCN)C2)cc1F. The molecule has 0 aromatic heterocycles. The van der Waals surface area contributed by atoms with E-state index in [4.69, 9.17) is 11.5 Å². The number of anilines is 1. The number of nitrogens with two attached hydrogens (primary N) is 2. The summed E-state index contributed by atoms with van der Waals surface area (Å²) in [5.41, 5.74) is 12.2. The molecule has 0 unspecified atom stereocenters. The van der Waals surface area contributed by atoms with E-state index in [0.29, 0.717) is 37.3 Å². The van der Waals surface area contributed by atoms with Crippen molar-refractivity contribution >= 4 is 17.6 Å². The number of amides is 3. The molecule has 1 fully saturated rings. The molecule has 1 aromatic carbocycles. The number of benzene rings is 1. The van der Waals surface area contributed by atoms with Crippen LogP contribution >= 0.6 is 0 Å². The second kappa shape index (κ2) is 9.33. The molecular weight excluding hydrogens is 325 g/mol. The molecule has 3 amide bonds. The Morgan fingerprint density at radius 3 is 2.72 bits per heavy atom. The smallest absolute Gasteiger partial charge is 0.317 e. The number of halogens is 1. The van der Waals surface area contributed by atoms with Crippen molar-refractivity contribution in [3.8, 4) is 0 Å². The van der Waals surface area contributed by atoms with Crippen LogP contribution in [0.25, 0.3) is 0 Å². The standard InChI is InChI=1S/C16H24FN5O2.CH4/c1-10-2-3-13(7-14(10)17)21-15(23)11-6-12(19)9-22(8-11)16(24)20-5-4-18;/h2-3,7,11-12H,4-6,8-9,18-19H2,1H3,(H,20,24)(H,21,23);1H4/t11-,12+;/m0./s1. The molecule has 140 valence electrons. The molecule has 0 aliphatic carbocycles. The molecule has 6 N–H and O–H groups in total. The number of nitrogens with zero attached hydrogens (tertiary/aromatic N) is 1. The molecular formula is C17H28FN5O2. The van der Waals surface area contributed by atoms with Gasteiger partial charge in [-0.05, 0) is 31.0 Å². The van der Waals surface area contributed by atoms with Crippen molar-refractivity contribution < 1.29 is 14.0 Å². The van der Waals surface area contributed by atoms with Gasteiger partial charge in [0.05, 0.1) is 5.92 Å². The number of carbonyl (C=O) groups excluding carboxylic acids is 2. The Bertz CT molecular complexity index is 611. The molecule has 1 aliphatic heterocycles. The van der Waals surface area contributed by atoms with Crippen molar-refractivity contribution in [2.24, 2.45) is 17.4 Å². The summed E-state index contributed by atoms with van der Waals surface area (Å²) in [4.78, 5) is 26.0. The van der Waals surface area contributed by atoms with Crippen LogP contribution in [-0.4, -0.2) is 49.1 Å². The lowest BCUT2D eigenvalue weighted by atomic mass is 9.94. The quantitative estimate of drug-likeness (QED) is 0.647. The van der Waals surface area contributed by atoms with Crippen LogP contribution < -0.4 is 22.1 Å². The molecule has 1 aromatic rings. The third-order valence-corrected chi connectivity index (χ3v) is 4.00. The molecule has 0 bridgehead atoms. The van der Waals surface area contributed by atoms with Crippen molar-refractivity contribution in [2.75, 3.05) is 31.5 Å². The van der Waals surface area contributed by atoms with Gasteiger partial charge in [0, 0.05) is 37.9 Å². The number of carbonyl (C=O) groups is 2. The van der Waals surface area contributed by atoms with Gasteiger partial charge in [0.2, 0.25) is 5.91 Å². The number of hydrogen-bond acceptors (Lipinski definition) is 4. The Morgan fingerprint density at radius 1 is 1.36 bits per heavy atom. The van der Waals surface area contributed by atoms with Crippen molar-refractivity contribution in [3.63, 3.8) is 0 Å². The number of piperidine rings is 1. The fourth-order valence-corrected chi connectivity index (χ4v) is 2.70. The van der Waals surface area contributed by atoms with E-state index in [9.17, 15) is 14.0 Å². The summed E-state index contributed by atoms with van der Waals surface area (Å²) >= 11 is 0. The van der Waals surface area contributed by atoms with Gasteiger partial charge in [-0.15, -0.1) is 0 Å². The molecule has 0 spiro atoms. The first kappa shape index (κ1) is 20.9. The molecule has 1 aliphatic rings. The zero-order valence-corrected chi connectivity index (χ0v) is 13.7. The highest BCUT2D eigenvalue weighted by Gasteiger charge is 2.32. The van der Waals surface area contributed by atoms with Crippen LogP contribution in [0.1, 0.15) is 19.4 Å². The van der Waals surface area contributed by atoms with Crippen LogP contribution in [0, 0.1) is 18.7 Å². The third kappa shape index (κ3) is 5.68. The van der Waals surface area contributed by atoms with E-state index >= 15 is 0 Å². The highest BCUT2D eigenvalue weighted by molar-refractivity contribution is 5.93. The number of nitrogens with one attached hydrogen (secondary N) is 2. The lowest BCUT2D eigenvalue weighted by Gasteiger charge is -2.35. The van der Waals surface area contributed by atoms with Gasteiger partial charge in [-0.25, -0.2) is 9.18 Å². The number of urea groups is 1. The van der Waals surface area contributed by atoms with E-state index in [1.807, 2.05) is 0 Å². The van der Waals surface area contributed by atoms with Crippen LogP contribution in [0.4, 0.5) is 14.9 Å². The fraction of sp³-hybridized carbons (Fsp3) is 0.529. The van der Waals surface area contributed by atoms with Crippen LogP contribution in [0.15, 0.2) is 18.2 Å². The highest BCUT2D eigenvalue weighted by Crippen LogP contribution is 2.20. The summed E-state index contributed by atoms with van der Waals surface area (Å²) in [7, 11) is 0. The maximum absolute atomic E-state index is 13.6. The minimum atomic E-state index is -0.443. The number of likely N-dealkylation sites (tertiary alicyclic amines) is 1. The van der Waals surface area contributed by atoms with Gasteiger partial charge >= 0.3 is 6.03 Å². The van der Waals surface area contributed by atoms with E-state index in [2.05, 4.69) is 10.6 Å². The minimum Gasteiger partial charge on any atom is -0.337 e. The first-order chi connectivity index (χ1) is 11.4. The third-order valence-electron chi connectivity index (χ3n) is 4.00. The lowest BCUT2D eigenvalue weighted by Crippen LogP contribution is -2.55. The van der Waals surface area contributed by atoms with Crippen molar-refractivity contribution in [2.45, 2.75) is 26.8 Å². The Morgan fingerprint density at radius 2 is 2.08 bits per heavy atom. The second-order valence-electron chi connectivity index (χ2n) is 6.07. The predicted molar refractivity (Wildman–Crippen MR) is 96.6 cm³/mol. The maximum Gasteiger partial charge on any atom is 0.317 e. The van der Waals surface area contributed by atoms with Gasteiger partial charge in [-0.3, -0.25) is 4.79 Å². The average Bonchev–Trinajstić information content (AvgIpc) is 2.55. The Kier molecular flexibility index (Phi) is 7.79. The maximum atomic E-state index is 13.6. The summed E-state index contributed by atoms with van der Waals surface area (Å²) in [5, 5.41) is 5.36. The van der Waals surface area contributed by atoms with Crippen LogP contribution in [0.2, 0.25) is 0 Å². The first-order valence-electron chi connectivity index (χ1n) is 7.96. The number of aryl methyl sites for hydroxylation is 1. The molecule has 2 rings (SSSR count). The topological polar surface area (TPSA) is 113 Å². The molecule has 8 heteroatoms. The van der Waals surface area contributed by atoms with E-state index in [0.717, 1.165) is 0 Å². The van der Waals surface area contributed by atoms with Gasteiger partial charge in [0.25, 0.3) is 0 Å². The molecule has 7 nitrogen and oxygen atoms in total. The molecule has 0 radical (unpaired) electrons. The van der Waals surface area contributed by atoms with Gasteiger partial charge < -0.3 is 27.0 Å². The zero-order chi connectivity index (χ0) is 17.7. The van der Waals surface area contributed by atoms with Gasteiger partial charge in [0.15, 0.2) is 0 Å². The summed E-state index contributed by atoms with van der Waals surface area (Å²) in [6.07, 6.45) is 0.473. The second-order valence-corrected chi connectivity index (χ2v) is 6.07. The van der Waals surface area contributed by atoms with Gasteiger partial charge in [-0.1, -0.05) is 13.5 Å². The minimum absolute atomic E-state index is 0. The number of hydrogen-bond donors (Lipinski definition) is 4. The van der Waals surface area contributed by atoms with Crippen molar-refractivity contribution in [1.82, 2.24) is 10.2 Å². The zero-order valence-electron chi connectivity index (χ0n) is 13.7. The molecule has 1 heterocycles.